The van der Waals surface area contributed by atoms with Crippen LogP contribution in [0, 0.1) is 0 Å². The van der Waals surface area contributed by atoms with Gasteiger partial charge in [0, 0.05) is 16.8 Å². The Hall–Kier alpha value is 0.260. The summed E-state index contributed by atoms with van der Waals surface area (Å²) in [5.74, 6) is -3.98. The molecule has 0 N–H and O–H groups in total. The van der Waals surface area contributed by atoms with Gasteiger partial charge in [0.05, 0.1) is 0 Å². The van der Waals surface area contributed by atoms with Crippen molar-refractivity contribution in [2.45, 2.75) is 81.5 Å². The van der Waals surface area contributed by atoms with Crippen molar-refractivity contribution in [2.75, 3.05) is 0 Å². The van der Waals surface area contributed by atoms with Crippen molar-refractivity contribution in [1.29, 1.82) is 0 Å². The summed E-state index contributed by atoms with van der Waals surface area (Å²) in [6, 6.07) is 0. The third-order valence-electron chi connectivity index (χ3n) is 3.01. The lowest BCUT2D eigenvalue weighted by Gasteiger charge is -2.18. The molecule has 108 valence electrons. The highest BCUT2D eigenvalue weighted by Gasteiger charge is 2.39. The van der Waals surface area contributed by atoms with Crippen molar-refractivity contribution < 1.29 is 13.6 Å². The summed E-state index contributed by atoms with van der Waals surface area (Å²) in [7, 11) is 0. The van der Waals surface area contributed by atoms with E-state index in [0.29, 0.717) is 6.42 Å². The van der Waals surface area contributed by atoms with Gasteiger partial charge in [0.25, 0.3) is 0 Å². The molecule has 0 radical (unpaired) electrons. The predicted octanol–water partition coefficient (Wildman–Crippen LogP) is 5.55. The van der Waals surface area contributed by atoms with Gasteiger partial charge in [-0.05, 0) is 12.8 Å². The summed E-state index contributed by atoms with van der Waals surface area (Å²) < 4.78 is 27.2. The van der Waals surface area contributed by atoms with Gasteiger partial charge in [-0.2, -0.15) is 8.78 Å². The van der Waals surface area contributed by atoms with Crippen LogP contribution in [0.3, 0.4) is 0 Å². The van der Waals surface area contributed by atoms with Crippen molar-refractivity contribution >= 4 is 28.4 Å². The molecule has 0 amide bonds. The lowest BCUT2D eigenvalue weighted by Crippen LogP contribution is -2.31. The molecule has 4 heteroatoms. The van der Waals surface area contributed by atoms with Crippen molar-refractivity contribution in [2.24, 2.45) is 0 Å². The Balaban J connectivity index is 3.97. The van der Waals surface area contributed by atoms with E-state index in [1.807, 2.05) is 29.5 Å². The highest BCUT2D eigenvalue weighted by atomic mass is 127. The van der Waals surface area contributed by atoms with Gasteiger partial charge in [-0.3, -0.25) is 4.79 Å². The number of Topliss-reactive ketones (excluding diaryl/α,β-unsaturated/α-hetero) is 1. The minimum atomic E-state index is -3.12. The average Bonchev–Trinajstić information content (AvgIpc) is 2.31. The fourth-order valence-electron chi connectivity index (χ4n) is 1.81. The van der Waals surface area contributed by atoms with Crippen LogP contribution in [0.4, 0.5) is 8.78 Å². The first kappa shape index (κ1) is 18.3. The quantitative estimate of drug-likeness (QED) is 0.263. The van der Waals surface area contributed by atoms with Gasteiger partial charge in [0.1, 0.15) is 0 Å². The molecule has 0 saturated carbocycles. The molecule has 0 bridgehead atoms. The van der Waals surface area contributed by atoms with Crippen LogP contribution in [0.5, 0.6) is 0 Å². The zero-order chi connectivity index (χ0) is 14.0. The Kier molecular flexibility index (Phi) is 10.2. The molecule has 0 heterocycles. The van der Waals surface area contributed by atoms with E-state index in [1.165, 1.54) is 0 Å². The summed E-state index contributed by atoms with van der Waals surface area (Å²) in [5.41, 5.74) is 0. The van der Waals surface area contributed by atoms with Gasteiger partial charge < -0.3 is 0 Å². The molecule has 1 atom stereocenters. The van der Waals surface area contributed by atoms with E-state index in [9.17, 15) is 13.6 Å². The Morgan fingerprint density at radius 1 is 1.11 bits per heavy atom. The van der Waals surface area contributed by atoms with Gasteiger partial charge in [-0.15, -0.1) is 0 Å². The Morgan fingerprint density at radius 2 is 1.72 bits per heavy atom. The molecule has 0 aromatic carbocycles. The number of alkyl halides is 3. The summed E-state index contributed by atoms with van der Waals surface area (Å²) in [6.45, 7) is 4.10. The van der Waals surface area contributed by atoms with Crippen LogP contribution in [-0.2, 0) is 4.79 Å². The maximum absolute atomic E-state index is 13.6. The topological polar surface area (TPSA) is 17.1 Å². The van der Waals surface area contributed by atoms with Crippen LogP contribution in [0.25, 0.3) is 0 Å². The van der Waals surface area contributed by atoms with Gasteiger partial charge in [-0.1, -0.05) is 68.5 Å². The minimum Gasteiger partial charge on any atom is -0.293 e. The highest BCUT2D eigenvalue weighted by molar-refractivity contribution is 14.1. The molecule has 1 unspecified atom stereocenters. The molecule has 0 aromatic heterocycles. The molecule has 0 aromatic rings. The van der Waals surface area contributed by atoms with E-state index >= 15 is 0 Å². The standard InChI is InChI=1S/C14H25F2IO/c1-3-5-7-8-10-13(18)14(15,16)11-12(17)9-6-4-2/h12H,3-11H2,1-2H3. The Morgan fingerprint density at radius 3 is 2.28 bits per heavy atom. The third-order valence-corrected chi connectivity index (χ3v) is 4.08. The SMILES string of the molecule is CCCCCCC(=O)C(F)(F)CC(I)CCCC. The number of unbranched alkanes of at least 4 members (excludes halogenated alkanes) is 4. The number of carbonyl (C=O) groups excluding carboxylic acids is 1. The van der Waals surface area contributed by atoms with Gasteiger partial charge in [0.2, 0.25) is 5.78 Å². The molecule has 0 spiro atoms. The van der Waals surface area contributed by atoms with E-state index in [0.717, 1.165) is 38.5 Å². The van der Waals surface area contributed by atoms with Crippen molar-refractivity contribution in [3.05, 3.63) is 0 Å². The number of hydrogen-bond donors (Lipinski definition) is 0. The van der Waals surface area contributed by atoms with E-state index < -0.39 is 11.7 Å². The molecule has 0 aliphatic carbocycles. The second kappa shape index (κ2) is 10.1. The fourth-order valence-corrected chi connectivity index (χ4v) is 2.81. The van der Waals surface area contributed by atoms with Crippen LogP contribution in [0.2, 0.25) is 0 Å². The predicted molar refractivity (Wildman–Crippen MR) is 80.7 cm³/mol. The number of halogens is 3. The van der Waals surface area contributed by atoms with Gasteiger partial charge in [0.15, 0.2) is 0 Å². The maximum Gasteiger partial charge on any atom is 0.306 e. The summed E-state index contributed by atoms with van der Waals surface area (Å²) in [5, 5.41) is 0. The largest absolute Gasteiger partial charge is 0.306 e. The van der Waals surface area contributed by atoms with E-state index in [2.05, 4.69) is 6.92 Å². The molecule has 1 nitrogen and oxygen atoms in total. The minimum absolute atomic E-state index is 0.0319. The van der Waals surface area contributed by atoms with Crippen molar-refractivity contribution in [3.8, 4) is 0 Å². The number of ketones is 1. The first-order chi connectivity index (χ1) is 8.44. The number of carbonyl (C=O) groups is 1. The monoisotopic (exact) mass is 374 g/mol. The summed E-state index contributed by atoms with van der Waals surface area (Å²) >= 11 is 2.04. The van der Waals surface area contributed by atoms with Crippen molar-refractivity contribution in [3.63, 3.8) is 0 Å². The normalized spacial score (nSPS) is 13.6. The second-order valence-electron chi connectivity index (χ2n) is 4.88. The lowest BCUT2D eigenvalue weighted by atomic mass is 10.0. The van der Waals surface area contributed by atoms with Crippen LogP contribution in [-0.4, -0.2) is 15.6 Å². The van der Waals surface area contributed by atoms with Crippen LogP contribution >= 0.6 is 22.6 Å². The molecule has 18 heavy (non-hydrogen) atoms. The van der Waals surface area contributed by atoms with Crippen molar-refractivity contribution in [1.82, 2.24) is 0 Å². The third kappa shape index (κ3) is 8.38. The molecular weight excluding hydrogens is 349 g/mol. The number of hydrogen-bond acceptors (Lipinski definition) is 1. The van der Waals surface area contributed by atoms with Crippen LogP contribution in [0.15, 0.2) is 0 Å². The molecular formula is C14H25F2IO. The lowest BCUT2D eigenvalue weighted by molar-refractivity contribution is -0.144. The van der Waals surface area contributed by atoms with E-state index in [4.69, 9.17) is 0 Å². The Bertz CT molecular complexity index is 232. The molecule has 0 fully saturated rings. The summed E-state index contributed by atoms with van der Waals surface area (Å²) in [4.78, 5) is 11.5. The molecule has 0 saturated heterocycles. The highest BCUT2D eigenvalue weighted by Crippen LogP contribution is 2.29. The molecule has 0 aliphatic rings. The maximum atomic E-state index is 13.6. The molecule has 0 rings (SSSR count). The first-order valence-corrected chi connectivity index (χ1v) is 8.23. The smallest absolute Gasteiger partial charge is 0.293 e. The van der Waals surface area contributed by atoms with Gasteiger partial charge in [-0.25, -0.2) is 0 Å². The fraction of sp³-hybridized carbons (Fsp3) is 0.929. The summed E-state index contributed by atoms with van der Waals surface area (Å²) in [6.07, 6.45) is 6.02. The van der Waals surface area contributed by atoms with E-state index in [-0.39, 0.29) is 16.8 Å². The van der Waals surface area contributed by atoms with E-state index in [1.54, 1.807) is 0 Å². The second-order valence-corrected chi connectivity index (χ2v) is 6.64. The zero-order valence-electron chi connectivity index (χ0n) is 11.5. The first-order valence-electron chi connectivity index (χ1n) is 6.99. The van der Waals surface area contributed by atoms with Gasteiger partial charge >= 0.3 is 5.92 Å². The van der Waals surface area contributed by atoms with Crippen LogP contribution in [0.1, 0.15) is 71.6 Å². The number of rotatable bonds is 11. The Labute approximate surface area is 123 Å². The zero-order valence-corrected chi connectivity index (χ0v) is 13.6. The molecule has 0 aliphatic heterocycles. The van der Waals surface area contributed by atoms with Crippen LogP contribution < -0.4 is 0 Å². The average molecular weight is 374 g/mol.